The fourth-order valence-electron chi connectivity index (χ4n) is 1.94. The summed E-state index contributed by atoms with van der Waals surface area (Å²) < 4.78 is 5.14. The van der Waals surface area contributed by atoms with Gasteiger partial charge in [0.05, 0.1) is 0 Å². The van der Waals surface area contributed by atoms with E-state index in [-0.39, 0.29) is 12.1 Å². The van der Waals surface area contributed by atoms with Gasteiger partial charge in [0.15, 0.2) is 0 Å². The second-order valence-electron chi connectivity index (χ2n) is 6.51. The van der Waals surface area contributed by atoms with Gasteiger partial charge < -0.3 is 10.1 Å². The number of alkyl carbamates (subject to hydrolysis) is 1. The average Bonchev–Trinajstić information content (AvgIpc) is 2.46. The summed E-state index contributed by atoms with van der Waals surface area (Å²) in [4.78, 5) is 11.5. The highest BCUT2D eigenvalue weighted by atomic mass is 16.5. The number of carbonyl (C=O) groups excluding carboxylic acids is 1. The van der Waals surface area contributed by atoms with Gasteiger partial charge in [-0.3, -0.25) is 0 Å². The lowest BCUT2D eigenvalue weighted by molar-refractivity contribution is 0.154. The predicted molar refractivity (Wildman–Crippen MR) is 99.6 cm³/mol. The smallest absolute Gasteiger partial charge is 0.407 e. The van der Waals surface area contributed by atoms with Crippen LogP contribution in [0.5, 0.6) is 0 Å². The maximum Gasteiger partial charge on any atom is 0.407 e. The molecule has 0 spiro atoms. The van der Waals surface area contributed by atoms with Crippen molar-refractivity contribution in [2.24, 2.45) is 0 Å². The van der Waals surface area contributed by atoms with Crippen molar-refractivity contribution in [1.82, 2.24) is 5.32 Å². The zero-order valence-electron chi connectivity index (χ0n) is 15.9. The van der Waals surface area contributed by atoms with Crippen LogP contribution in [0.4, 0.5) is 4.79 Å². The Labute approximate surface area is 142 Å². The van der Waals surface area contributed by atoms with E-state index in [0.29, 0.717) is 6.61 Å². The van der Waals surface area contributed by atoms with Crippen molar-refractivity contribution in [3.63, 3.8) is 0 Å². The molecule has 0 rings (SSSR count). The van der Waals surface area contributed by atoms with Gasteiger partial charge in [0.25, 0.3) is 0 Å². The predicted octanol–water partition coefficient (Wildman–Crippen LogP) is 5.93. The molecule has 0 fully saturated rings. The Kier molecular flexibility index (Phi) is 12.1. The SMILES string of the molecule is CCC(C)NC(=O)OC/C=C(\C)CC/C=C(\C)CCC=C(C)C. The van der Waals surface area contributed by atoms with Crippen LogP contribution in [0.25, 0.3) is 0 Å². The van der Waals surface area contributed by atoms with E-state index in [1.165, 1.54) is 16.7 Å². The Morgan fingerprint density at radius 3 is 2.13 bits per heavy atom. The molecule has 0 saturated heterocycles. The minimum absolute atomic E-state index is 0.159. The largest absolute Gasteiger partial charge is 0.445 e. The van der Waals surface area contributed by atoms with Gasteiger partial charge in [-0.2, -0.15) is 0 Å². The molecule has 1 amide bonds. The van der Waals surface area contributed by atoms with Crippen LogP contribution in [0.15, 0.2) is 34.9 Å². The third kappa shape index (κ3) is 13.8. The van der Waals surface area contributed by atoms with E-state index in [0.717, 1.165) is 32.1 Å². The topological polar surface area (TPSA) is 38.3 Å². The number of hydrogen-bond donors (Lipinski definition) is 1. The van der Waals surface area contributed by atoms with Crippen LogP contribution in [0.3, 0.4) is 0 Å². The minimum Gasteiger partial charge on any atom is -0.445 e. The van der Waals surface area contributed by atoms with Gasteiger partial charge in [0.1, 0.15) is 6.61 Å². The molecule has 0 aliphatic heterocycles. The first kappa shape index (κ1) is 21.5. The first-order valence-electron chi connectivity index (χ1n) is 8.73. The molecule has 0 bridgehead atoms. The molecule has 0 saturated carbocycles. The van der Waals surface area contributed by atoms with Crippen molar-refractivity contribution >= 4 is 6.09 Å². The Balaban J connectivity index is 3.94. The van der Waals surface area contributed by atoms with Crippen LogP contribution in [-0.4, -0.2) is 18.7 Å². The highest BCUT2D eigenvalue weighted by molar-refractivity contribution is 5.67. The van der Waals surface area contributed by atoms with Crippen LogP contribution in [0, 0.1) is 0 Å². The molecule has 1 unspecified atom stereocenters. The lowest BCUT2D eigenvalue weighted by Crippen LogP contribution is -2.32. The summed E-state index contributed by atoms with van der Waals surface area (Å²) in [6.45, 7) is 12.9. The number of amides is 1. The van der Waals surface area contributed by atoms with Crippen LogP contribution in [0.1, 0.15) is 73.6 Å². The second-order valence-corrected chi connectivity index (χ2v) is 6.51. The van der Waals surface area contributed by atoms with Crippen LogP contribution in [-0.2, 0) is 4.74 Å². The van der Waals surface area contributed by atoms with Crippen LogP contribution >= 0.6 is 0 Å². The summed E-state index contributed by atoms with van der Waals surface area (Å²) in [6.07, 6.45) is 11.5. The van der Waals surface area contributed by atoms with E-state index in [1.807, 2.05) is 19.9 Å². The van der Waals surface area contributed by atoms with Gasteiger partial charge >= 0.3 is 6.09 Å². The number of ether oxygens (including phenoxy) is 1. The van der Waals surface area contributed by atoms with E-state index in [1.54, 1.807) is 0 Å². The normalized spacial score (nSPS) is 13.5. The maximum atomic E-state index is 11.5. The summed E-state index contributed by atoms with van der Waals surface area (Å²) >= 11 is 0. The molecule has 132 valence electrons. The average molecular weight is 322 g/mol. The maximum absolute atomic E-state index is 11.5. The molecule has 0 aromatic rings. The number of hydrogen-bond acceptors (Lipinski definition) is 2. The lowest BCUT2D eigenvalue weighted by atomic mass is 10.1. The van der Waals surface area contributed by atoms with Gasteiger partial charge in [-0.25, -0.2) is 4.79 Å². The number of rotatable bonds is 10. The second kappa shape index (κ2) is 13.0. The first-order chi connectivity index (χ1) is 10.8. The van der Waals surface area contributed by atoms with Gasteiger partial charge in [0, 0.05) is 6.04 Å². The molecule has 1 N–H and O–H groups in total. The van der Waals surface area contributed by atoms with Gasteiger partial charge in [-0.05, 0) is 72.8 Å². The molecule has 3 nitrogen and oxygen atoms in total. The van der Waals surface area contributed by atoms with E-state index in [4.69, 9.17) is 4.74 Å². The molecule has 3 heteroatoms. The summed E-state index contributed by atoms with van der Waals surface area (Å²) in [5.41, 5.74) is 4.09. The fraction of sp³-hybridized carbons (Fsp3) is 0.650. The van der Waals surface area contributed by atoms with E-state index >= 15 is 0 Å². The van der Waals surface area contributed by atoms with Crippen molar-refractivity contribution in [1.29, 1.82) is 0 Å². The Morgan fingerprint density at radius 2 is 1.57 bits per heavy atom. The van der Waals surface area contributed by atoms with Crippen molar-refractivity contribution in [3.8, 4) is 0 Å². The summed E-state index contributed by atoms with van der Waals surface area (Å²) in [5.74, 6) is 0. The molecule has 23 heavy (non-hydrogen) atoms. The molecule has 0 radical (unpaired) electrons. The monoisotopic (exact) mass is 321 g/mol. The van der Waals surface area contributed by atoms with E-state index in [2.05, 4.69) is 45.2 Å². The Bertz CT molecular complexity index is 429. The fourth-order valence-corrected chi connectivity index (χ4v) is 1.94. The van der Waals surface area contributed by atoms with Gasteiger partial charge in [-0.1, -0.05) is 35.8 Å². The standard InChI is InChI=1S/C20H35NO2/c1-7-19(6)21-20(22)23-15-14-18(5)13-9-12-17(4)11-8-10-16(2)3/h10,12,14,19H,7-9,11,13,15H2,1-6H3,(H,21,22)/b17-12+,18-14+. The molecular weight excluding hydrogens is 286 g/mol. The highest BCUT2D eigenvalue weighted by Crippen LogP contribution is 2.11. The molecule has 1 atom stereocenters. The van der Waals surface area contributed by atoms with Crippen molar-refractivity contribution in [2.45, 2.75) is 79.7 Å². The van der Waals surface area contributed by atoms with Gasteiger partial charge in [0.2, 0.25) is 0 Å². The summed E-state index contributed by atoms with van der Waals surface area (Å²) in [5, 5.41) is 2.78. The number of allylic oxidation sites excluding steroid dienone is 5. The molecule has 0 aromatic carbocycles. The third-order valence-corrected chi connectivity index (χ3v) is 3.75. The van der Waals surface area contributed by atoms with Crippen molar-refractivity contribution < 1.29 is 9.53 Å². The van der Waals surface area contributed by atoms with Crippen molar-refractivity contribution in [3.05, 3.63) is 34.9 Å². The third-order valence-electron chi connectivity index (χ3n) is 3.75. The number of nitrogens with one attached hydrogen (secondary N) is 1. The molecule has 0 heterocycles. The summed E-state index contributed by atoms with van der Waals surface area (Å²) in [6, 6.07) is 0.159. The van der Waals surface area contributed by atoms with Crippen LogP contribution < -0.4 is 5.32 Å². The molecule has 0 aliphatic carbocycles. The van der Waals surface area contributed by atoms with Gasteiger partial charge in [-0.15, -0.1) is 0 Å². The zero-order chi connectivity index (χ0) is 17.7. The number of carbonyl (C=O) groups is 1. The van der Waals surface area contributed by atoms with E-state index < -0.39 is 0 Å². The molecule has 0 aliphatic rings. The quantitative estimate of drug-likeness (QED) is 0.506. The highest BCUT2D eigenvalue weighted by Gasteiger charge is 2.04. The molecular formula is C20H35NO2. The lowest BCUT2D eigenvalue weighted by Gasteiger charge is -2.10. The summed E-state index contributed by atoms with van der Waals surface area (Å²) in [7, 11) is 0. The first-order valence-corrected chi connectivity index (χ1v) is 8.73. The minimum atomic E-state index is -0.335. The zero-order valence-corrected chi connectivity index (χ0v) is 15.9. The van der Waals surface area contributed by atoms with Crippen molar-refractivity contribution in [2.75, 3.05) is 6.61 Å². The van der Waals surface area contributed by atoms with E-state index in [9.17, 15) is 4.79 Å². The Hall–Kier alpha value is -1.51. The molecule has 0 aromatic heterocycles. The van der Waals surface area contributed by atoms with Crippen LogP contribution in [0.2, 0.25) is 0 Å². The Morgan fingerprint density at radius 1 is 1.00 bits per heavy atom.